The van der Waals surface area contributed by atoms with E-state index in [4.69, 9.17) is 4.74 Å². The molecular formula is C18H22N2O4S2. The number of ether oxygens (including phenoxy) is 1. The summed E-state index contributed by atoms with van der Waals surface area (Å²) >= 11 is 1.62. The Morgan fingerprint density at radius 1 is 1.23 bits per heavy atom. The molecule has 1 aromatic carbocycles. The molecule has 1 fully saturated rings. The van der Waals surface area contributed by atoms with Gasteiger partial charge in [-0.25, -0.2) is 13.1 Å². The van der Waals surface area contributed by atoms with Crippen molar-refractivity contribution in [2.75, 3.05) is 32.8 Å². The number of carbonyl (C=O) groups is 1. The molecule has 0 radical (unpaired) electrons. The molecule has 6 nitrogen and oxygen atoms in total. The molecule has 1 aliphatic heterocycles. The molecule has 0 spiro atoms. The van der Waals surface area contributed by atoms with E-state index in [2.05, 4.69) is 9.62 Å². The molecular weight excluding hydrogens is 372 g/mol. The maximum atomic E-state index is 12.6. The number of rotatable bonds is 7. The lowest BCUT2D eigenvalue weighted by Gasteiger charge is -2.34. The van der Waals surface area contributed by atoms with E-state index in [0.717, 1.165) is 18.0 Å². The van der Waals surface area contributed by atoms with Gasteiger partial charge in [-0.3, -0.25) is 9.69 Å². The molecule has 0 unspecified atom stereocenters. The zero-order valence-corrected chi connectivity index (χ0v) is 16.2. The lowest BCUT2D eigenvalue weighted by molar-refractivity contribution is 0.0179. The van der Waals surface area contributed by atoms with Gasteiger partial charge in [0.25, 0.3) is 0 Å². The first-order chi connectivity index (χ1) is 12.5. The molecule has 1 atom stereocenters. The molecule has 2 aromatic rings. The Balaban J connectivity index is 1.73. The van der Waals surface area contributed by atoms with Gasteiger partial charge in [0.05, 0.1) is 24.2 Å². The van der Waals surface area contributed by atoms with Crippen LogP contribution in [0.15, 0.2) is 46.7 Å². The highest BCUT2D eigenvalue weighted by molar-refractivity contribution is 7.89. The first-order valence-electron chi connectivity index (χ1n) is 8.43. The second kappa shape index (κ2) is 8.41. The minimum atomic E-state index is -3.64. The summed E-state index contributed by atoms with van der Waals surface area (Å²) in [6.45, 7) is 4.60. The van der Waals surface area contributed by atoms with E-state index in [9.17, 15) is 13.2 Å². The van der Waals surface area contributed by atoms with E-state index in [-0.39, 0.29) is 23.3 Å². The number of Topliss-reactive ketones (excluding diaryl/α,β-unsaturated/α-hetero) is 1. The van der Waals surface area contributed by atoms with Gasteiger partial charge in [0.15, 0.2) is 5.78 Å². The van der Waals surface area contributed by atoms with Crippen molar-refractivity contribution in [1.29, 1.82) is 0 Å². The van der Waals surface area contributed by atoms with Gasteiger partial charge in [-0.2, -0.15) is 0 Å². The number of ketones is 1. The molecule has 8 heteroatoms. The van der Waals surface area contributed by atoms with E-state index in [1.54, 1.807) is 11.3 Å². The maximum Gasteiger partial charge on any atom is 0.240 e. The summed E-state index contributed by atoms with van der Waals surface area (Å²) < 4.78 is 33.4. The van der Waals surface area contributed by atoms with Crippen molar-refractivity contribution in [3.8, 4) is 0 Å². The number of benzene rings is 1. The third-order valence-electron chi connectivity index (χ3n) is 4.40. The Kier molecular flexibility index (Phi) is 6.20. The summed E-state index contributed by atoms with van der Waals surface area (Å²) in [5.74, 6) is -0.0908. The topological polar surface area (TPSA) is 75.7 Å². The van der Waals surface area contributed by atoms with E-state index in [0.29, 0.717) is 18.8 Å². The van der Waals surface area contributed by atoms with Gasteiger partial charge >= 0.3 is 0 Å². The molecule has 1 saturated heterocycles. The fraction of sp³-hybridized carbons (Fsp3) is 0.389. The van der Waals surface area contributed by atoms with Crippen LogP contribution in [0.25, 0.3) is 0 Å². The molecule has 26 heavy (non-hydrogen) atoms. The van der Waals surface area contributed by atoms with Crippen molar-refractivity contribution in [2.24, 2.45) is 0 Å². The second-order valence-electron chi connectivity index (χ2n) is 6.11. The fourth-order valence-electron chi connectivity index (χ4n) is 2.92. The van der Waals surface area contributed by atoms with Crippen LogP contribution in [0.5, 0.6) is 0 Å². The Hall–Kier alpha value is -1.58. The first-order valence-corrected chi connectivity index (χ1v) is 10.8. The molecule has 1 N–H and O–H groups in total. The highest BCUT2D eigenvalue weighted by atomic mass is 32.2. The van der Waals surface area contributed by atoms with Crippen molar-refractivity contribution in [1.82, 2.24) is 9.62 Å². The van der Waals surface area contributed by atoms with Gasteiger partial charge in [0.1, 0.15) is 0 Å². The average molecular weight is 395 g/mol. The average Bonchev–Trinajstić information content (AvgIpc) is 3.17. The Morgan fingerprint density at radius 3 is 2.50 bits per heavy atom. The number of carbonyl (C=O) groups excluding carboxylic acids is 1. The summed E-state index contributed by atoms with van der Waals surface area (Å²) in [6.07, 6.45) is 0. The largest absolute Gasteiger partial charge is 0.379 e. The number of hydrogen-bond acceptors (Lipinski definition) is 6. The van der Waals surface area contributed by atoms with Gasteiger partial charge in [0.2, 0.25) is 10.0 Å². The number of nitrogens with zero attached hydrogens (tertiary/aromatic N) is 1. The van der Waals surface area contributed by atoms with Crippen molar-refractivity contribution in [2.45, 2.75) is 17.9 Å². The quantitative estimate of drug-likeness (QED) is 0.730. The number of morpholine rings is 1. The van der Waals surface area contributed by atoms with Crippen molar-refractivity contribution in [3.63, 3.8) is 0 Å². The van der Waals surface area contributed by atoms with Crippen LogP contribution < -0.4 is 4.72 Å². The van der Waals surface area contributed by atoms with Crippen LogP contribution in [0.2, 0.25) is 0 Å². The normalized spacial score (nSPS) is 17.1. The van der Waals surface area contributed by atoms with Crippen LogP contribution in [0.3, 0.4) is 0 Å². The Bertz CT molecular complexity index is 827. The lowest BCUT2D eigenvalue weighted by Crippen LogP contribution is -2.43. The highest BCUT2D eigenvalue weighted by Gasteiger charge is 2.25. The van der Waals surface area contributed by atoms with E-state index < -0.39 is 10.0 Å². The summed E-state index contributed by atoms with van der Waals surface area (Å²) in [6, 6.07) is 9.99. The molecule has 0 amide bonds. The van der Waals surface area contributed by atoms with Gasteiger partial charge in [-0.1, -0.05) is 18.2 Å². The van der Waals surface area contributed by atoms with Crippen LogP contribution in [0.4, 0.5) is 0 Å². The Labute approximate surface area is 157 Å². The molecule has 0 aliphatic carbocycles. The zero-order valence-electron chi connectivity index (χ0n) is 14.6. The minimum absolute atomic E-state index is 0.0230. The van der Waals surface area contributed by atoms with Crippen molar-refractivity contribution < 1.29 is 17.9 Å². The van der Waals surface area contributed by atoms with Gasteiger partial charge < -0.3 is 4.74 Å². The third kappa shape index (κ3) is 4.57. The maximum absolute atomic E-state index is 12.6. The van der Waals surface area contributed by atoms with E-state index in [1.807, 2.05) is 17.5 Å². The third-order valence-corrected chi connectivity index (χ3v) is 6.81. The molecule has 140 valence electrons. The van der Waals surface area contributed by atoms with E-state index >= 15 is 0 Å². The predicted octanol–water partition coefficient (Wildman–Crippen LogP) is 2.30. The number of nitrogens with one attached hydrogen (secondary N) is 1. The highest BCUT2D eigenvalue weighted by Crippen LogP contribution is 2.26. The first kappa shape index (κ1) is 19.2. The minimum Gasteiger partial charge on any atom is -0.379 e. The van der Waals surface area contributed by atoms with Crippen LogP contribution in [-0.4, -0.2) is 51.9 Å². The van der Waals surface area contributed by atoms with Crippen molar-refractivity contribution in [3.05, 3.63) is 52.2 Å². The van der Waals surface area contributed by atoms with E-state index in [1.165, 1.54) is 31.2 Å². The smallest absolute Gasteiger partial charge is 0.240 e. The number of thiophene rings is 1. The predicted molar refractivity (Wildman–Crippen MR) is 101 cm³/mol. The summed E-state index contributed by atoms with van der Waals surface area (Å²) in [7, 11) is -3.64. The lowest BCUT2D eigenvalue weighted by atomic mass is 10.2. The van der Waals surface area contributed by atoms with Crippen molar-refractivity contribution >= 4 is 27.1 Å². The summed E-state index contributed by atoms with van der Waals surface area (Å²) in [5.41, 5.74) is 0.494. The van der Waals surface area contributed by atoms with Gasteiger partial charge in [-0.05, 0) is 30.5 Å². The molecule has 1 aromatic heterocycles. The molecule has 1 aliphatic rings. The van der Waals surface area contributed by atoms with Gasteiger partial charge in [0, 0.05) is 30.1 Å². The zero-order chi connectivity index (χ0) is 18.6. The standard InChI is InChI=1S/C18H22N2O4S2/c1-14(21)15-4-6-16(7-5-15)26(22,23)19-13-17(18-3-2-12-25-18)20-8-10-24-11-9-20/h2-7,12,17,19H,8-11,13H2,1H3/t17-/m1/s1. The SMILES string of the molecule is CC(=O)c1ccc(S(=O)(=O)NC[C@H](c2cccs2)N2CCOCC2)cc1. The van der Waals surface area contributed by atoms with Crippen LogP contribution in [0, 0.1) is 0 Å². The number of sulfonamides is 1. The van der Waals surface area contributed by atoms with Crippen LogP contribution in [0.1, 0.15) is 28.2 Å². The monoisotopic (exact) mass is 394 g/mol. The van der Waals surface area contributed by atoms with Crippen LogP contribution >= 0.6 is 11.3 Å². The Morgan fingerprint density at radius 2 is 1.92 bits per heavy atom. The molecule has 2 heterocycles. The van der Waals surface area contributed by atoms with Gasteiger partial charge in [-0.15, -0.1) is 11.3 Å². The summed E-state index contributed by atoms with van der Waals surface area (Å²) in [5, 5.41) is 2.00. The second-order valence-corrected chi connectivity index (χ2v) is 8.86. The molecule has 3 rings (SSSR count). The van der Waals surface area contributed by atoms with Crippen LogP contribution in [-0.2, 0) is 14.8 Å². The fourth-order valence-corrected chi connectivity index (χ4v) is 4.82. The number of hydrogen-bond donors (Lipinski definition) is 1. The summed E-state index contributed by atoms with van der Waals surface area (Å²) in [4.78, 5) is 14.9. The molecule has 0 saturated carbocycles. The molecule has 0 bridgehead atoms.